The number of rotatable bonds is 7. The Bertz CT molecular complexity index is 1040. The van der Waals surface area contributed by atoms with Crippen LogP contribution in [0.1, 0.15) is 74.5 Å². The van der Waals surface area contributed by atoms with Crippen molar-refractivity contribution < 1.29 is 17.7 Å². The van der Waals surface area contributed by atoms with Crippen LogP contribution in [0.4, 0.5) is 5.82 Å². The van der Waals surface area contributed by atoms with Gasteiger partial charge in [0.1, 0.15) is 11.6 Å². The minimum absolute atomic E-state index is 0.0397. The number of hydrogen-bond donors (Lipinski definition) is 2. The van der Waals surface area contributed by atoms with Gasteiger partial charge in [-0.25, -0.2) is 13.4 Å². The third kappa shape index (κ3) is 4.45. The van der Waals surface area contributed by atoms with Crippen LogP contribution in [0.25, 0.3) is 0 Å². The summed E-state index contributed by atoms with van der Waals surface area (Å²) in [5.41, 5.74) is 6.00. The van der Waals surface area contributed by atoms with Crippen LogP contribution in [0.5, 0.6) is 0 Å². The number of carbonyl (C=O) groups is 1. The fourth-order valence-corrected chi connectivity index (χ4v) is 6.30. The van der Waals surface area contributed by atoms with Crippen molar-refractivity contribution in [1.82, 2.24) is 19.8 Å². The Morgan fingerprint density at radius 3 is 2.48 bits per heavy atom. The molecule has 3 heterocycles. The molecule has 3 N–H and O–H groups in total. The van der Waals surface area contributed by atoms with Crippen molar-refractivity contribution in [3.63, 3.8) is 0 Å². The van der Waals surface area contributed by atoms with E-state index in [1.54, 1.807) is 22.5 Å². The van der Waals surface area contributed by atoms with E-state index in [0.717, 1.165) is 18.6 Å². The van der Waals surface area contributed by atoms with Gasteiger partial charge in [0.25, 0.3) is 15.9 Å². The smallest absolute Gasteiger partial charge is 0.273 e. The van der Waals surface area contributed by atoms with Crippen molar-refractivity contribution in [2.24, 2.45) is 0 Å². The molecular weight excluding hydrogens is 418 g/mol. The zero-order valence-corrected chi connectivity index (χ0v) is 18.6. The molecule has 2 atom stereocenters. The van der Waals surface area contributed by atoms with Gasteiger partial charge in [-0.05, 0) is 50.7 Å². The first-order valence-corrected chi connectivity index (χ1v) is 12.3. The van der Waals surface area contributed by atoms with E-state index in [1.807, 2.05) is 13.8 Å². The first-order chi connectivity index (χ1) is 14.8. The Morgan fingerprint density at radius 1 is 1.23 bits per heavy atom. The van der Waals surface area contributed by atoms with Crippen LogP contribution in [0.15, 0.2) is 33.8 Å². The summed E-state index contributed by atoms with van der Waals surface area (Å²) in [4.78, 5) is 16.8. The largest absolute Gasteiger partial charge is 0.384 e. The number of pyridine rings is 1. The van der Waals surface area contributed by atoms with Gasteiger partial charge in [-0.3, -0.25) is 4.79 Å². The Balaban J connectivity index is 1.51. The maximum absolute atomic E-state index is 13.4. The molecule has 2 aliphatic rings. The highest BCUT2D eigenvalue weighted by Crippen LogP contribution is 2.40. The molecule has 1 amide bonds. The van der Waals surface area contributed by atoms with Crippen molar-refractivity contribution >= 4 is 21.7 Å². The average Bonchev–Trinajstić information content (AvgIpc) is 3.49. The van der Waals surface area contributed by atoms with Gasteiger partial charge in [0.15, 0.2) is 10.7 Å². The van der Waals surface area contributed by atoms with Crippen molar-refractivity contribution in [1.29, 1.82) is 0 Å². The summed E-state index contributed by atoms with van der Waals surface area (Å²) >= 11 is 0. The van der Waals surface area contributed by atoms with Gasteiger partial charge in [-0.2, -0.15) is 4.31 Å². The quantitative estimate of drug-likeness (QED) is 0.667. The average molecular weight is 448 g/mol. The molecule has 2 aromatic rings. The normalized spacial score (nSPS) is 24.8. The molecule has 10 heteroatoms. The van der Waals surface area contributed by atoms with Crippen molar-refractivity contribution in [3.8, 4) is 0 Å². The third-order valence-corrected chi connectivity index (χ3v) is 8.05. The first kappa shape index (κ1) is 21.8. The van der Waals surface area contributed by atoms with E-state index >= 15 is 0 Å². The minimum Gasteiger partial charge on any atom is -0.384 e. The Labute approximate surface area is 182 Å². The SMILES string of the molecule is CC[C@@H]1CC(NC(=O)c2cc(C3CC3)on2)C[C@@H](CC)N1S(=O)(=O)c1cccc(N)n1. The lowest BCUT2D eigenvalue weighted by molar-refractivity contribution is 0.0866. The number of nitrogens with two attached hydrogens (primary N) is 1. The van der Waals surface area contributed by atoms with E-state index < -0.39 is 10.0 Å². The summed E-state index contributed by atoms with van der Waals surface area (Å²) in [5.74, 6) is 1.04. The molecule has 1 saturated heterocycles. The van der Waals surface area contributed by atoms with E-state index in [9.17, 15) is 13.2 Å². The molecule has 0 unspecified atom stereocenters. The molecule has 1 aliphatic carbocycles. The second kappa shape index (κ2) is 8.58. The number of nitrogens with zero attached hydrogens (tertiary/aromatic N) is 3. The van der Waals surface area contributed by atoms with Gasteiger partial charge in [0.05, 0.1) is 0 Å². The van der Waals surface area contributed by atoms with Gasteiger partial charge >= 0.3 is 0 Å². The number of aromatic nitrogens is 2. The van der Waals surface area contributed by atoms with Gasteiger partial charge in [0.2, 0.25) is 0 Å². The molecular formula is C21H29N5O4S. The molecule has 4 rings (SSSR count). The van der Waals surface area contributed by atoms with Crippen molar-refractivity contribution in [2.75, 3.05) is 5.73 Å². The predicted octanol–water partition coefficient (Wildman–Crippen LogP) is 2.67. The van der Waals surface area contributed by atoms with Gasteiger partial charge < -0.3 is 15.6 Å². The Kier molecular flexibility index (Phi) is 6.02. The van der Waals surface area contributed by atoms with Crippen LogP contribution in [-0.4, -0.2) is 46.9 Å². The van der Waals surface area contributed by atoms with E-state index in [-0.39, 0.29) is 40.6 Å². The lowest BCUT2D eigenvalue weighted by Gasteiger charge is -2.43. The van der Waals surface area contributed by atoms with Crippen LogP contribution in [0, 0.1) is 0 Å². The van der Waals surface area contributed by atoms with E-state index in [2.05, 4.69) is 15.5 Å². The predicted molar refractivity (Wildman–Crippen MR) is 115 cm³/mol. The molecule has 0 radical (unpaired) electrons. The summed E-state index contributed by atoms with van der Waals surface area (Å²) in [5, 5.41) is 6.91. The number of nitrogen functional groups attached to an aromatic ring is 1. The summed E-state index contributed by atoms with van der Waals surface area (Å²) in [6.45, 7) is 3.91. The lowest BCUT2D eigenvalue weighted by atomic mass is 9.91. The fraction of sp³-hybridized carbons (Fsp3) is 0.571. The Morgan fingerprint density at radius 2 is 1.90 bits per heavy atom. The van der Waals surface area contributed by atoms with E-state index in [4.69, 9.17) is 10.3 Å². The number of anilines is 1. The maximum atomic E-state index is 13.4. The maximum Gasteiger partial charge on any atom is 0.273 e. The molecule has 1 saturated carbocycles. The fourth-order valence-electron chi connectivity index (χ4n) is 4.36. The molecule has 31 heavy (non-hydrogen) atoms. The molecule has 2 aromatic heterocycles. The zero-order chi connectivity index (χ0) is 22.2. The zero-order valence-electron chi connectivity index (χ0n) is 17.8. The highest BCUT2D eigenvalue weighted by atomic mass is 32.2. The number of nitrogens with one attached hydrogen (secondary N) is 1. The highest BCUT2D eigenvalue weighted by molar-refractivity contribution is 7.89. The Hall–Kier alpha value is -2.46. The van der Waals surface area contributed by atoms with E-state index in [1.165, 1.54) is 6.07 Å². The van der Waals surface area contributed by atoms with Gasteiger partial charge in [-0.1, -0.05) is 25.1 Å². The van der Waals surface area contributed by atoms with Crippen LogP contribution >= 0.6 is 0 Å². The summed E-state index contributed by atoms with van der Waals surface area (Å²) in [6, 6.07) is 5.69. The summed E-state index contributed by atoms with van der Waals surface area (Å²) in [6.07, 6.45) is 4.44. The number of sulfonamides is 1. The van der Waals surface area contributed by atoms with Gasteiger partial charge in [0, 0.05) is 30.1 Å². The van der Waals surface area contributed by atoms with Crippen molar-refractivity contribution in [3.05, 3.63) is 35.7 Å². The topological polar surface area (TPSA) is 131 Å². The monoisotopic (exact) mass is 447 g/mol. The third-order valence-electron chi connectivity index (χ3n) is 6.14. The van der Waals surface area contributed by atoms with E-state index in [0.29, 0.717) is 31.6 Å². The molecule has 0 aromatic carbocycles. The second-order valence-electron chi connectivity index (χ2n) is 8.39. The molecule has 0 bridgehead atoms. The second-order valence-corrected chi connectivity index (χ2v) is 10.2. The van der Waals surface area contributed by atoms with Crippen molar-refractivity contribution in [2.45, 2.75) is 81.4 Å². The molecule has 2 fully saturated rings. The van der Waals surface area contributed by atoms with Crippen LogP contribution in [0.3, 0.4) is 0 Å². The molecule has 1 aliphatic heterocycles. The standard InChI is InChI=1S/C21H29N5O4S/c1-3-15-10-14(23-21(27)17-12-18(30-25-17)13-8-9-13)11-16(4-2)26(15)31(28,29)20-7-5-6-19(22)24-20/h5-7,12-16H,3-4,8-11H2,1-2H3,(H2,22,24)(H,23,27)/t15-,16-/m1/s1. The number of piperidine rings is 1. The van der Waals surface area contributed by atoms with Crippen LogP contribution in [0.2, 0.25) is 0 Å². The van der Waals surface area contributed by atoms with Crippen LogP contribution in [-0.2, 0) is 10.0 Å². The highest BCUT2D eigenvalue weighted by Gasteiger charge is 2.42. The minimum atomic E-state index is -3.81. The molecule has 9 nitrogen and oxygen atoms in total. The summed E-state index contributed by atoms with van der Waals surface area (Å²) in [7, 11) is -3.81. The molecule has 168 valence electrons. The number of hydrogen-bond acceptors (Lipinski definition) is 7. The number of carbonyl (C=O) groups excluding carboxylic acids is 1. The first-order valence-electron chi connectivity index (χ1n) is 10.9. The van der Waals surface area contributed by atoms with Gasteiger partial charge in [-0.15, -0.1) is 0 Å². The summed E-state index contributed by atoms with van der Waals surface area (Å²) < 4.78 is 33.7. The lowest BCUT2D eigenvalue weighted by Crippen LogP contribution is -2.56. The molecule has 0 spiro atoms. The number of amides is 1. The van der Waals surface area contributed by atoms with Crippen LogP contribution < -0.4 is 11.1 Å².